The van der Waals surface area contributed by atoms with Crippen LogP contribution in [0.2, 0.25) is 0 Å². The Morgan fingerprint density at radius 2 is 2.05 bits per heavy atom. The Kier molecular flexibility index (Phi) is 4.02. The lowest BCUT2D eigenvalue weighted by Gasteiger charge is -2.22. The van der Waals surface area contributed by atoms with Crippen molar-refractivity contribution in [1.82, 2.24) is 10.3 Å². The molecule has 2 heterocycles. The molecule has 4 heteroatoms. The van der Waals surface area contributed by atoms with E-state index in [1.807, 2.05) is 30.3 Å². The molecule has 0 unspecified atom stereocenters. The highest BCUT2D eigenvalue weighted by molar-refractivity contribution is 5.84. The highest BCUT2D eigenvalue weighted by Crippen LogP contribution is 2.26. The van der Waals surface area contributed by atoms with E-state index in [0.29, 0.717) is 11.8 Å². The van der Waals surface area contributed by atoms with Gasteiger partial charge in [-0.05, 0) is 44.0 Å². The topological polar surface area (TPSA) is 43.4 Å². The lowest BCUT2D eigenvalue weighted by molar-refractivity contribution is 0.217. The number of methoxy groups -OCH3 is 1. The van der Waals surface area contributed by atoms with Gasteiger partial charge in [0.05, 0.1) is 13.7 Å². The van der Waals surface area contributed by atoms with Crippen molar-refractivity contribution in [2.45, 2.75) is 12.8 Å². The van der Waals surface area contributed by atoms with Gasteiger partial charge in [-0.3, -0.25) is 0 Å². The van der Waals surface area contributed by atoms with Gasteiger partial charge in [0.2, 0.25) is 5.88 Å². The number of nitrogens with zero attached hydrogens (tertiary/aromatic N) is 1. The Morgan fingerprint density at radius 1 is 1.20 bits per heavy atom. The molecule has 0 spiro atoms. The largest absolute Gasteiger partial charge is 0.491 e. The number of nitrogens with one attached hydrogen (secondary N) is 1. The van der Waals surface area contributed by atoms with Crippen LogP contribution in [0.1, 0.15) is 12.8 Å². The average Bonchev–Trinajstić information content (AvgIpc) is 2.53. The summed E-state index contributed by atoms with van der Waals surface area (Å²) in [4.78, 5) is 4.50. The molecule has 0 amide bonds. The zero-order valence-corrected chi connectivity index (χ0v) is 11.8. The van der Waals surface area contributed by atoms with E-state index in [-0.39, 0.29) is 0 Å². The van der Waals surface area contributed by atoms with Crippen LogP contribution < -0.4 is 14.8 Å². The Balaban J connectivity index is 1.79. The van der Waals surface area contributed by atoms with Crippen molar-refractivity contribution in [2.24, 2.45) is 5.92 Å². The molecular formula is C16H20N2O2. The molecule has 1 N–H and O–H groups in total. The van der Waals surface area contributed by atoms with Crippen molar-refractivity contribution in [3.05, 3.63) is 30.3 Å². The fourth-order valence-corrected chi connectivity index (χ4v) is 2.59. The van der Waals surface area contributed by atoms with Gasteiger partial charge in [0, 0.05) is 11.5 Å². The second kappa shape index (κ2) is 6.09. The predicted molar refractivity (Wildman–Crippen MR) is 79.4 cm³/mol. The maximum absolute atomic E-state index is 6.01. The molecule has 0 bridgehead atoms. The SMILES string of the molecule is COc1ccc2cccc(OCC3CCNCC3)c2n1. The van der Waals surface area contributed by atoms with Gasteiger partial charge >= 0.3 is 0 Å². The van der Waals surface area contributed by atoms with E-state index in [1.54, 1.807) is 7.11 Å². The van der Waals surface area contributed by atoms with E-state index in [9.17, 15) is 0 Å². The minimum Gasteiger partial charge on any atom is -0.491 e. The molecule has 2 aromatic rings. The summed E-state index contributed by atoms with van der Waals surface area (Å²) in [7, 11) is 1.63. The maximum atomic E-state index is 6.01. The first-order valence-corrected chi connectivity index (χ1v) is 7.14. The van der Waals surface area contributed by atoms with Crippen LogP contribution in [0.3, 0.4) is 0 Å². The molecule has 4 nitrogen and oxygen atoms in total. The molecule has 0 atom stereocenters. The second-order valence-electron chi connectivity index (χ2n) is 5.19. The number of para-hydroxylation sites is 1. The van der Waals surface area contributed by atoms with Crippen LogP contribution in [0.5, 0.6) is 11.6 Å². The van der Waals surface area contributed by atoms with Crippen molar-refractivity contribution in [3.8, 4) is 11.6 Å². The molecule has 0 radical (unpaired) electrons. The summed E-state index contributed by atoms with van der Waals surface area (Å²) < 4.78 is 11.2. The molecule has 20 heavy (non-hydrogen) atoms. The highest BCUT2D eigenvalue weighted by atomic mass is 16.5. The van der Waals surface area contributed by atoms with Crippen molar-refractivity contribution in [3.63, 3.8) is 0 Å². The van der Waals surface area contributed by atoms with Gasteiger partial charge in [0.25, 0.3) is 0 Å². The first-order valence-electron chi connectivity index (χ1n) is 7.14. The van der Waals surface area contributed by atoms with Crippen LogP contribution in [0.25, 0.3) is 10.9 Å². The molecule has 106 valence electrons. The highest BCUT2D eigenvalue weighted by Gasteiger charge is 2.14. The number of hydrogen-bond donors (Lipinski definition) is 1. The van der Waals surface area contributed by atoms with Gasteiger partial charge in [0.1, 0.15) is 11.3 Å². The van der Waals surface area contributed by atoms with E-state index < -0.39 is 0 Å². The number of fused-ring (bicyclic) bond motifs is 1. The number of pyridine rings is 1. The molecular weight excluding hydrogens is 252 g/mol. The molecule has 3 rings (SSSR count). The Bertz CT molecular complexity index is 580. The number of aromatic nitrogens is 1. The summed E-state index contributed by atoms with van der Waals surface area (Å²) in [5.41, 5.74) is 0.876. The lowest BCUT2D eigenvalue weighted by atomic mass is 9.99. The molecule has 0 saturated carbocycles. The zero-order valence-electron chi connectivity index (χ0n) is 11.8. The van der Waals surface area contributed by atoms with E-state index in [1.165, 1.54) is 12.8 Å². The summed E-state index contributed by atoms with van der Waals surface area (Å²) in [6.45, 7) is 2.95. The third-order valence-corrected chi connectivity index (χ3v) is 3.80. The number of rotatable bonds is 4. The van der Waals surface area contributed by atoms with Crippen LogP contribution in [0, 0.1) is 5.92 Å². The summed E-state index contributed by atoms with van der Waals surface area (Å²) in [5, 5.41) is 4.45. The molecule has 1 aromatic heterocycles. The summed E-state index contributed by atoms with van der Waals surface area (Å²) in [6, 6.07) is 9.92. The molecule has 1 aliphatic rings. The lowest BCUT2D eigenvalue weighted by Crippen LogP contribution is -2.30. The maximum Gasteiger partial charge on any atom is 0.213 e. The van der Waals surface area contributed by atoms with E-state index in [2.05, 4.69) is 10.3 Å². The molecule has 1 aromatic carbocycles. The van der Waals surface area contributed by atoms with Crippen molar-refractivity contribution in [1.29, 1.82) is 0 Å². The van der Waals surface area contributed by atoms with Crippen LogP contribution >= 0.6 is 0 Å². The summed E-state index contributed by atoms with van der Waals surface area (Å²) in [6.07, 6.45) is 2.36. The Hall–Kier alpha value is -1.81. The van der Waals surface area contributed by atoms with Gasteiger partial charge in [-0.1, -0.05) is 12.1 Å². The van der Waals surface area contributed by atoms with Crippen LogP contribution in [-0.2, 0) is 0 Å². The summed E-state index contributed by atoms with van der Waals surface area (Å²) >= 11 is 0. The van der Waals surface area contributed by atoms with Crippen molar-refractivity contribution in [2.75, 3.05) is 26.8 Å². The van der Waals surface area contributed by atoms with Crippen molar-refractivity contribution < 1.29 is 9.47 Å². The number of hydrogen-bond acceptors (Lipinski definition) is 4. The Labute approximate surface area is 119 Å². The molecule has 1 aliphatic heterocycles. The van der Waals surface area contributed by atoms with Gasteiger partial charge in [-0.15, -0.1) is 0 Å². The zero-order chi connectivity index (χ0) is 13.8. The number of piperidine rings is 1. The van der Waals surface area contributed by atoms with Gasteiger partial charge in [0.15, 0.2) is 0 Å². The fourth-order valence-electron chi connectivity index (χ4n) is 2.59. The quantitative estimate of drug-likeness (QED) is 0.929. The average molecular weight is 272 g/mol. The molecule has 1 fully saturated rings. The van der Waals surface area contributed by atoms with E-state index in [0.717, 1.165) is 36.3 Å². The van der Waals surface area contributed by atoms with Crippen molar-refractivity contribution >= 4 is 10.9 Å². The standard InChI is InChI=1S/C16H20N2O2/c1-19-15-6-5-13-3-2-4-14(16(13)18-15)20-11-12-7-9-17-10-8-12/h2-6,12,17H,7-11H2,1H3. The first kappa shape index (κ1) is 13.2. The van der Waals surface area contributed by atoms with Gasteiger partial charge in [-0.25, -0.2) is 4.98 Å². The first-order chi connectivity index (χ1) is 9.86. The third-order valence-electron chi connectivity index (χ3n) is 3.80. The monoisotopic (exact) mass is 272 g/mol. The third kappa shape index (κ3) is 2.85. The van der Waals surface area contributed by atoms with Crippen LogP contribution in [-0.4, -0.2) is 31.8 Å². The molecule has 0 aliphatic carbocycles. The minimum atomic E-state index is 0.621. The molecule has 1 saturated heterocycles. The van der Waals surface area contributed by atoms with E-state index in [4.69, 9.17) is 9.47 Å². The second-order valence-corrected chi connectivity index (χ2v) is 5.19. The minimum absolute atomic E-state index is 0.621. The normalized spacial score (nSPS) is 16.2. The fraction of sp³-hybridized carbons (Fsp3) is 0.438. The van der Waals surface area contributed by atoms with E-state index >= 15 is 0 Å². The van der Waals surface area contributed by atoms with Crippen LogP contribution in [0.15, 0.2) is 30.3 Å². The van der Waals surface area contributed by atoms with Gasteiger partial charge in [-0.2, -0.15) is 0 Å². The smallest absolute Gasteiger partial charge is 0.213 e. The van der Waals surface area contributed by atoms with Gasteiger partial charge < -0.3 is 14.8 Å². The Morgan fingerprint density at radius 3 is 2.85 bits per heavy atom. The number of ether oxygens (including phenoxy) is 2. The predicted octanol–water partition coefficient (Wildman–Crippen LogP) is 2.62. The number of benzene rings is 1. The summed E-state index contributed by atoms with van der Waals surface area (Å²) in [5.74, 6) is 2.10. The van der Waals surface area contributed by atoms with Crippen LogP contribution in [0.4, 0.5) is 0 Å².